The molecule has 0 atom stereocenters. The minimum absolute atomic E-state index is 0.894. The van der Waals surface area contributed by atoms with E-state index in [-0.39, 0.29) is 0 Å². The van der Waals surface area contributed by atoms with E-state index in [9.17, 15) is 0 Å². The molecule has 0 amide bonds. The molecular weight excluding hydrogens is 332 g/mol. The number of para-hydroxylation sites is 1. The Hall–Kier alpha value is -3.72. The van der Waals surface area contributed by atoms with Gasteiger partial charge in [0.15, 0.2) is 0 Å². The molecule has 27 heavy (non-hydrogen) atoms. The maximum atomic E-state index is 6.08. The van der Waals surface area contributed by atoms with Gasteiger partial charge in [0.25, 0.3) is 0 Å². The molecule has 0 fully saturated rings. The van der Waals surface area contributed by atoms with E-state index in [2.05, 4.69) is 46.4 Å². The van der Waals surface area contributed by atoms with Gasteiger partial charge in [0, 0.05) is 34.1 Å². The molecule has 0 aliphatic heterocycles. The number of rotatable bonds is 1. The molecule has 0 saturated carbocycles. The topological polar surface area (TPSA) is 38.9 Å². The zero-order valence-corrected chi connectivity index (χ0v) is 14.4. The van der Waals surface area contributed by atoms with E-state index in [1.807, 2.05) is 36.4 Å². The normalized spacial score (nSPS) is 11.7. The van der Waals surface area contributed by atoms with Crippen LogP contribution in [0.2, 0.25) is 0 Å². The summed E-state index contributed by atoms with van der Waals surface area (Å²) >= 11 is 0. The van der Waals surface area contributed by atoms with Crippen molar-refractivity contribution in [2.45, 2.75) is 0 Å². The average molecular weight is 346 g/mol. The van der Waals surface area contributed by atoms with Crippen LogP contribution in [0.15, 0.2) is 89.6 Å². The van der Waals surface area contributed by atoms with E-state index >= 15 is 0 Å². The van der Waals surface area contributed by atoms with Gasteiger partial charge in [-0.05, 0) is 35.2 Å². The summed E-state index contributed by atoms with van der Waals surface area (Å²) in [6.07, 6.45) is 3.51. The fourth-order valence-electron chi connectivity index (χ4n) is 3.91. The highest BCUT2D eigenvalue weighted by atomic mass is 16.3. The largest absolute Gasteiger partial charge is 0.456 e. The number of hydrogen-bond acceptors (Lipinski definition) is 3. The van der Waals surface area contributed by atoms with Crippen molar-refractivity contribution in [3.8, 4) is 11.1 Å². The van der Waals surface area contributed by atoms with Crippen molar-refractivity contribution < 1.29 is 4.42 Å². The van der Waals surface area contributed by atoms with Gasteiger partial charge in [-0.2, -0.15) is 0 Å². The number of benzene rings is 4. The molecule has 0 aliphatic carbocycles. The molecular formula is C24H14N2O. The highest BCUT2D eigenvalue weighted by molar-refractivity contribution is 6.17. The van der Waals surface area contributed by atoms with Gasteiger partial charge in [-0.3, -0.25) is 9.97 Å². The zero-order chi connectivity index (χ0) is 17.8. The van der Waals surface area contributed by atoms with E-state index < -0.39 is 0 Å². The summed E-state index contributed by atoms with van der Waals surface area (Å²) in [4.78, 5) is 9.33. The molecule has 6 aromatic rings. The third kappa shape index (κ3) is 2.09. The minimum atomic E-state index is 0.894. The Kier molecular flexibility index (Phi) is 2.88. The molecule has 0 saturated heterocycles. The fraction of sp³-hybridized carbons (Fsp3) is 0. The SMILES string of the molecule is c1ccc(-c2cc3cc4oc5ccccc5c4cc3c3nccnc23)cc1. The lowest BCUT2D eigenvalue weighted by atomic mass is 9.97. The molecule has 2 heterocycles. The summed E-state index contributed by atoms with van der Waals surface area (Å²) in [6.45, 7) is 0. The van der Waals surface area contributed by atoms with Crippen LogP contribution in [0.3, 0.4) is 0 Å². The van der Waals surface area contributed by atoms with Gasteiger partial charge in [0.2, 0.25) is 0 Å². The summed E-state index contributed by atoms with van der Waals surface area (Å²) in [5.74, 6) is 0. The van der Waals surface area contributed by atoms with Crippen LogP contribution in [-0.4, -0.2) is 9.97 Å². The summed E-state index contributed by atoms with van der Waals surface area (Å²) in [7, 11) is 0. The van der Waals surface area contributed by atoms with Gasteiger partial charge in [0.05, 0.1) is 11.0 Å². The lowest BCUT2D eigenvalue weighted by Gasteiger charge is -2.09. The first-order valence-electron chi connectivity index (χ1n) is 8.93. The lowest BCUT2D eigenvalue weighted by Crippen LogP contribution is -1.89. The maximum Gasteiger partial charge on any atom is 0.136 e. The van der Waals surface area contributed by atoms with Crippen molar-refractivity contribution in [2.24, 2.45) is 0 Å². The Morgan fingerprint density at radius 2 is 1.37 bits per heavy atom. The second-order valence-corrected chi connectivity index (χ2v) is 6.71. The van der Waals surface area contributed by atoms with Crippen molar-refractivity contribution in [3.63, 3.8) is 0 Å². The molecule has 6 rings (SSSR count). The number of aromatic nitrogens is 2. The minimum Gasteiger partial charge on any atom is -0.456 e. The highest BCUT2D eigenvalue weighted by Crippen LogP contribution is 2.37. The van der Waals surface area contributed by atoms with Gasteiger partial charge in [-0.1, -0.05) is 48.5 Å². The van der Waals surface area contributed by atoms with Crippen LogP contribution in [0.4, 0.5) is 0 Å². The average Bonchev–Trinajstić information content (AvgIpc) is 3.10. The van der Waals surface area contributed by atoms with Gasteiger partial charge in [-0.15, -0.1) is 0 Å². The van der Waals surface area contributed by atoms with E-state index in [1.54, 1.807) is 12.4 Å². The monoisotopic (exact) mass is 346 g/mol. The molecule has 3 heteroatoms. The standard InChI is InChI=1S/C24H14N2O/c1-2-6-15(7-3-1)18-12-16-13-22-20(17-8-4-5-9-21(17)27-22)14-19(16)24-23(18)25-10-11-26-24/h1-14H. The predicted octanol–water partition coefficient (Wildman–Crippen LogP) is 6.35. The first-order chi connectivity index (χ1) is 13.4. The molecule has 0 unspecified atom stereocenters. The van der Waals surface area contributed by atoms with Gasteiger partial charge in [0.1, 0.15) is 11.2 Å². The van der Waals surface area contributed by atoms with E-state index in [0.717, 1.165) is 54.9 Å². The Bertz CT molecular complexity index is 1470. The number of fused-ring (bicyclic) bond motifs is 6. The maximum absolute atomic E-state index is 6.08. The molecule has 0 radical (unpaired) electrons. The van der Waals surface area contributed by atoms with Crippen LogP contribution in [0, 0.1) is 0 Å². The van der Waals surface area contributed by atoms with Gasteiger partial charge < -0.3 is 4.42 Å². The molecule has 0 N–H and O–H groups in total. The first-order valence-corrected chi connectivity index (χ1v) is 8.93. The van der Waals surface area contributed by atoms with Gasteiger partial charge in [-0.25, -0.2) is 0 Å². The smallest absolute Gasteiger partial charge is 0.136 e. The van der Waals surface area contributed by atoms with E-state index in [1.165, 1.54) is 0 Å². The molecule has 4 aromatic carbocycles. The second-order valence-electron chi connectivity index (χ2n) is 6.71. The summed E-state index contributed by atoms with van der Waals surface area (Å²) in [5, 5.41) is 4.43. The quantitative estimate of drug-likeness (QED) is 0.326. The molecule has 0 aliphatic rings. The Morgan fingerprint density at radius 3 is 2.26 bits per heavy atom. The molecule has 0 bridgehead atoms. The van der Waals surface area contributed by atoms with Gasteiger partial charge >= 0.3 is 0 Å². The number of nitrogens with zero attached hydrogens (tertiary/aromatic N) is 2. The van der Waals surface area contributed by atoms with Crippen molar-refractivity contribution in [1.82, 2.24) is 9.97 Å². The molecule has 126 valence electrons. The van der Waals surface area contributed by atoms with Crippen LogP contribution in [0.25, 0.3) is 54.9 Å². The van der Waals surface area contributed by atoms with Crippen LogP contribution in [-0.2, 0) is 0 Å². The Labute approximate surface area is 154 Å². The van der Waals surface area contributed by atoms with Crippen LogP contribution in [0.5, 0.6) is 0 Å². The van der Waals surface area contributed by atoms with Crippen molar-refractivity contribution in [2.75, 3.05) is 0 Å². The third-order valence-corrected chi connectivity index (χ3v) is 5.14. The second kappa shape index (κ2) is 5.39. The Balaban J connectivity index is 1.80. The van der Waals surface area contributed by atoms with Crippen molar-refractivity contribution in [3.05, 3.63) is 85.2 Å². The predicted molar refractivity (Wildman–Crippen MR) is 110 cm³/mol. The zero-order valence-electron chi connectivity index (χ0n) is 14.4. The van der Waals surface area contributed by atoms with E-state index in [0.29, 0.717) is 0 Å². The molecule has 0 spiro atoms. The number of furan rings is 1. The van der Waals surface area contributed by atoms with E-state index in [4.69, 9.17) is 4.42 Å². The summed E-state index contributed by atoms with van der Waals surface area (Å²) in [5.41, 5.74) is 5.85. The van der Waals surface area contributed by atoms with Crippen LogP contribution < -0.4 is 0 Å². The van der Waals surface area contributed by atoms with Crippen molar-refractivity contribution in [1.29, 1.82) is 0 Å². The number of hydrogen-bond donors (Lipinski definition) is 0. The fourth-order valence-corrected chi connectivity index (χ4v) is 3.91. The Morgan fingerprint density at radius 1 is 0.593 bits per heavy atom. The highest BCUT2D eigenvalue weighted by Gasteiger charge is 2.14. The molecule has 2 aromatic heterocycles. The van der Waals surface area contributed by atoms with Crippen LogP contribution in [0.1, 0.15) is 0 Å². The van der Waals surface area contributed by atoms with Crippen LogP contribution >= 0.6 is 0 Å². The lowest BCUT2D eigenvalue weighted by molar-refractivity contribution is 0.669. The first kappa shape index (κ1) is 14.4. The molecule has 3 nitrogen and oxygen atoms in total. The third-order valence-electron chi connectivity index (χ3n) is 5.14. The van der Waals surface area contributed by atoms with Crippen molar-refractivity contribution >= 4 is 43.7 Å². The summed E-state index contributed by atoms with van der Waals surface area (Å²) in [6, 6.07) is 25.0. The summed E-state index contributed by atoms with van der Waals surface area (Å²) < 4.78 is 6.08.